The van der Waals surface area contributed by atoms with Crippen molar-refractivity contribution in [2.75, 3.05) is 17.2 Å². The first-order valence-electron chi connectivity index (χ1n) is 7.20. The minimum Gasteiger partial charge on any atom is -0.368 e. The molecule has 21 heavy (non-hydrogen) atoms. The molecule has 0 amide bonds. The Morgan fingerprint density at radius 3 is 2.71 bits per heavy atom. The minimum atomic E-state index is 0.326. The molecule has 104 valence electrons. The maximum absolute atomic E-state index is 5.90. The van der Waals surface area contributed by atoms with E-state index in [2.05, 4.69) is 45.2 Å². The van der Waals surface area contributed by atoms with Crippen molar-refractivity contribution in [3.05, 3.63) is 54.1 Å². The summed E-state index contributed by atoms with van der Waals surface area (Å²) in [6, 6.07) is 16.5. The zero-order chi connectivity index (χ0) is 14.2. The van der Waals surface area contributed by atoms with Crippen molar-refractivity contribution < 1.29 is 0 Å². The first-order chi connectivity index (χ1) is 10.3. The van der Waals surface area contributed by atoms with E-state index >= 15 is 0 Å². The Kier molecular flexibility index (Phi) is 2.74. The third-order valence-corrected chi connectivity index (χ3v) is 3.97. The molecule has 0 spiro atoms. The van der Waals surface area contributed by atoms with Gasteiger partial charge in [-0.1, -0.05) is 30.3 Å². The average molecular weight is 276 g/mol. The number of rotatable bonds is 1. The third kappa shape index (κ3) is 2.00. The smallest absolute Gasteiger partial charge is 0.222 e. The van der Waals surface area contributed by atoms with E-state index in [1.807, 2.05) is 18.2 Å². The second-order valence-corrected chi connectivity index (χ2v) is 5.31. The molecule has 0 saturated carbocycles. The van der Waals surface area contributed by atoms with Gasteiger partial charge in [-0.15, -0.1) is 0 Å². The second kappa shape index (κ2) is 4.74. The van der Waals surface area contributed by atoms with E-state index in [1.165, 1.54) is 11.3 Å². The summed E-state index contributed by atoms with van der Waals surface area (Å²) in [6.45, 7) is 0.956. The van der Waals surface area contributed by atoms with Crippen LogP contribution in [0.1, 0.15) is 12.0 Å². The second-order valence-electron chi connectivity index (χ2n) is 5.31. The Morgan fingerprint density at radius 1 is 0.952 bits per heavy atom. The van der Waals surface area contributed by atoms with Gasteiger partial charge in [0.1, 0.15) is 5.82 Å². The van der Waals surface area contributed by atoms with Crippen LogP contribution < -0.4 is 10.6 Å². The average Bonchev–Trinajstić information content (AvgIpc) is 2.53. The van der Waals surface area contributed by atoms with Crippen LogP contribution in [0.4, 0.5) is 17.5 Å². The normalized spacial score (nSPS) is 14.2. The number of aromatic nitrogens is 2. The monoisotopic (exact) mass is 276 g/mol. The molecule has 2 aromatic carbocycles. The van der Waals surface area contributed by atoms with E-state index in [1.54, 1.807) is 0 Å². The largest absolute Gasteiger partial charge is 0.368 e. The lowest BCUT2D eigenvalue weighted by atomic mass is 10.0. The van der Waals surface area contributed by atoms with Crippen molar-refractivity contribution in [3.63, 3.8) is 0 Å². The summed E-state index contributed by atoms with van der Waals surface area (Å²) in [6.07, 6.45) is 2.24. The maximum Gasteiger partial charge on any atom is 0.222 e. The van der Waals surface area contributed by atoms with Crippen molar-refractivity contribution in [1.82, 2.24) is 9.97 Å². The van der Waals surface area contributed by atoms with Crippen LogP contribution in [0.5, 0.6) is 0 Å². The summed E-state index contributed by atoms with van der Waals surface area (Å²) in [4.78, 5) is 11.1. The molecule has 0 fully saturated rings. The van der Waals surface area contributed by atoms with Gasteiger partial charge in [0, 0.05) is 17.6 Å². The van der Waals surface area contributed by atoms with Gasteiger partial charge < -0.3 is 10.6 Å². The Labute approximate surface area is 123 Å². The fraction of sp³-hybridized carbons (Fsp3) is 0.176. The predicted octanol–water partition coefficient (Wildman–Crippen LogP) is 3.30. The molecular weight excluding hydrogens is 260 g/mol. The standard InChI is InChI=1S/C17H16N4/c18-17-19-14-9-3-2-8-13(14)16(20-17)21-11-5-7-12-6-1-4-10-15(12)21/h1-4,6,8-10H,5,7,11H2,(H2,18,19,20). The van der Waals surface area contributed by atoms with E-state index < -0.39 is 0 Å². The molecule has 4 rings (SSSR count). The molecule has 0 radical (unpaired) electrons. The number of anilines is 3. The van der Waals surface area contributed by atoms with Gasteiger partial charge in [-0.2, -0.15) is 4.98 Å². The molecule has 2 N–H and O–H groups in total. The van der Waals surface area contributed by atoms with Crippen LogP contribution in [-0.4, -0.2) is 16.5 Å². The lowest BCUT2D eigenvalue weighted by Gasteiger charge is -2.31. The van der Waals surface area contributed by atoms with Crippen LogP contribution in [0.15, 0.2) is 48.5 Å². The number of nitrogens with two attached hydrogens (primary N) is 1. The highest BCUT2D eigenvalue weighted by Gasteiger charge is 2.21. The van der Waals surface area contributed by atoms with E-state index in [0.717, 1.165) is 36.1 Å². The number of nitrogens with zero attached hydrogens (tertiary/aromatic N) is 3. The van der Waals surface area contributed by atoms with Crippen LogP contribution in [0.3, 0.4) is 0 Å². The van der Waals surface area contributed by atoms with Crippen molar-refractivity contribution in [2.45, 2.75) is 12.8 Å². The van der Waals surface area contributed by atoms with Crippen molar-refractivity contribution in [3.8, 4) is 0 Å². The van der Waals surface area contributed by atoms with Crippen LogP contribution in [0.2, 0.25) is 0 Å². The molecule has 4 nitrogen and oxygen atoms in total. The molecule has 0 saturated heterocycles. The number of hydrogen-bond acceptors (Lipinski definition) is 4. The zero-order valence-electron chi connectivity index (χ0n) is 11.7. The van der Waals surface area contributed by atoms with E-state index in [4.69, 9.17) is 5.73 Å². The van der Waals surface area contributed by atoms with Crippen LogP contribution in [0.25, 0.3) is 10.9 Å². The molecular formula is C17H16N4. The lowest BCUT2D eigenvalue weighted by molar-refractivity contribution is 0.761. The molecule has 3 aromatic rings. The highest BCUT2D eigenvalue weighted by molar-refractivity contribution is 5.92. The Bertz CT molecular complexity index is 813. The van der Waals surface area contributed by atoms with Crippen molar-refractivity contribution in [1.29, 1.82) is 0 Å². The van der Waals surface area contributed by atoms with Crippen LogP contribution >= 0.6 is 0 Å². The maximum atomic E-state index is 5.90. The van der Waals surface area contributed by atoms with Gasteiger partial charge in [0.05, 0.1) is 5.52 Å². The Morgan fingerprint density at radius 2 is 1.76 bits per heavy atom. The number of benzene rings is 2. The molecule has 1 aliphatic rings. The van der Waals surface area contributed by atoms with Gasteiger partial charge in [-0.3, -0.25) is 0 Å². The van der Waals surface area contributed by atoms with Crippen LogP contribution in [-0.2, 0) is 6.42 Å². The molecule has 1 aliphatic heterocycles. The summed E-state index contributed by atoms with van der Waals surface area (Å²) in [5.74, 6) is 1.23. The Hall–Kier alpha value is -2.62. The summed E-state index contributed by atoms with van der Waals surface area (Å²) in [5, 5.41) is 1.04. The number of para-hydroxylation sites is 2. The van der Waals surface area contributed by atoms with Crippen LogP contribution in [0, 0.1) is 0 Å². The van der Waals surface area contributed by atoms with Gasteiger partial charge in [0.25, 0.3) is 0 Å². The summed E-state index contributed by atoms with van der Waals surface area (Å²) in [5.41, 5.74) is 9.39. The Balaban J connectivity index is 1.96. The first kappa shape index (κ1) is 12.1. The molecule has 4 heteroatoms. The molecule has 2 heterocycles. The highest BCUT2D eigenvalue weighted by atomic mass is 15.2. The lowest BCUT2D eigenvalue weighted by Crippen LogP contribution is -2.25. The number of hydrogen-bond donors (Lipinski definition) is 1. The first-order valence-corrected chi connectivity index (χ1v) is 7.20. The predicted molar refractivity (Wildman–Crippen MR) is 85.7 cm³/mol. The summed E-state index contributed by atoms with van der Waals surface area (Å²) < 4.78 is 0. The number of fused-ring (bicyclic) bond motifs is 2. The summed E-state index contributed by atoms with van der Waals surface area (Å²) in [7, 11) is 0. The van der Waals surface area contributed by atoms with E-state index in [0.29, 0.717) is 5.95 Å². The minimum absolute atomic E-state index is 0.326. The molecule has 0 unspecified atom stereocenters. The molecule has 0 bridgehead atoms. The fourth-order valence-electron chi connectivity index (χ4n) is 3.04. The highest BCUT2D eigenvalue weighted by Crippen LogP contribution is 2.35. The van der Waals surface area contributed by atoms with Crippen molar-refractivity contribution in [2.24, 2.45) is 0 Å². The van der Waals surface area contributed by atoms with E-state index in [-0.39, 0.29) is 0 Å². The quantitative estimate of drug-likeness (QED) is 0.741. The number of aryl methyl sites for hydroxylation is 1. The molecule has 1 aromatic heterocycles. The molecule has 0 atom stereocenters. The van der Waals surface area contributed by atoms with Gasteiger partial charge in [-0.25, -0.2) is 4.98 Å². The molecule has 0 aliphatic carbocycles. The number of nitrogen functional groups attached to an aromatic ring is 1. The van der Waals surface area contributed by atoms with Crippen molar-refractivity contribution >= 4 is 28.4 Å². The van der Waals surface area contributed by atoms with Gasteiger partial charge in [0.15, 0.2) is 0 Å². The van der Waals surface area contributed by atoms with Gasteiger partial charge in [-0.05, 0) is 36.6 Å². The fourth-order valence-corrected chi connectivity index (χ4v) is 3.04. The third-order valence-electron chi connectivity index (χ3n) is 3.97. The zero-order valence-corrected chi connectivity index (χ0v) is 11.7. The van der Waals surface area contributed by atoms with Gasteiger partial charge in [0.2, 0.25) is 5.95 Å². The van der Waals surface area contributed by atoms with Gasteiger partial charge >= 0.3 is 0 Å². The van der Waals surface area contributed by atoms with E-state index in [9.17, 15) is 0 Å². The summed E-state index contributed by atoms with van der Waals surface area (Å²) >= 11 is 0. The topological polar surface area (TPSA) is 55.0 Å². The SMILES string of the molecule is Nc1nc(N2CCCc3ccccc32)c2ccccc2n1.